The first-order chi connectivity index (χ1) is 17.7. The van der Waals surface area contributed by atoms with Crippen molar-refractivity contribution in [2.75, 3.05) is 32.7 Å². The second-order valence-electron chi connectivity index (χ2n) is 10.8. The molecule has 7 nitrogen and oxygen atoms in total. The molecule has 0 bridgehead atoms. The summed E-state index contributed by atoms with van der Waals surface area (Å²) in [6.07, 6.45) is 5.52. The van der Waals surface area contributed by atoms with Gasteiger partial charge in [0, 0.05) is 45.2 Å². The fraction of sp³-hybridized carbons (Fsp3) is 0.536. The lowest BCUT2D eigenvalue weighted by atomic mass is 9.73. The minimum Gasteiger partial charge on any atom is -0.335 e. The normalized spacial score (nSPS) is 28.8. The van der Waals surface area contributed by atoms with E-state index in [-0.39, 0.29) is 19.0 Å². The van der Waals surface area contributed by atoms with Crippen molar-refractivity contribution in [3.05, 3.63) is 59.4 Å². The van der Waals surface area contributed by atoms with E-state index in [4.69, 9.17) is 0 Å². The van der Waals surface area contributed by atoms with Gasteiger partial charge in [-0.3, -0.25) is 0 Å². The summed E-state index contributed by atoms with van der Waals surface area (Å²) in [6.45, 7) is 4.07. The van der Waals surface area contributed by atoms with E-state index < -0.39 is 29.0 Å². The molecule has 196 valence electrons. The number of hydrogen-bond acceptors (Lipinski definition) is 4. The van der Waals surface area contributed by atoms with Crippen LogP contribution in [0.25, 0.3) is 0 Å². The highest BCUT2D eigenvalue weighted by Gasteiger charge is 2.45. The molecule has 2 unspecified atom stereocenters. The fourth-order valence-corrected chi connectivity index (χ4v) is 6.20. The Balaban J connectivity index is 1.19. The fourth-order valence-electron chi connectivity index (χ4n) is 6.20. The Bertz CT molecular complexity index is 1140. The zero-order valence-corrected chi connectivity index (χ0v) is 21.1. The Morgan fingerprint density at radius 2 is 1.78 bits per heavy atom. The number of allylic oxidation sites excluding steroid dienone is 3. The molecule has 0 spiro atoms. The van der Waals surface area contributed by atoms with Crippen molar-refractivity contribution in [2.45, 2.75) is 62.2 Å². The van der Waals surface area contributed by atoms with Gasteiger partial charge in [-0.05, 0) is 49.8 Å². The number of benzene rings is 1. The van der Waals surface area contributed by atoms with Crippen molar-refractivity contribution >= 4 is 12.1 Å². The van der Waals surface area contributed by atoms with Crippen molar-refractivity contribution in [1.29, 1.82) is 5.26 Å². The topological polar surface area (TPSA) is 79.7 Å². The summed E-state index contributed by atoms with van der Waals surface area (Å²) in [6, 6.07) is 11.4. The van der Waals surface area contributed by atoms with Gasteiger partial charge in [0.2, 0.25) is 0 Å². The van der Waals surface area contributed by atoms with E-state index in [1.54, 1.807) is 4.90 Å². The van der Waals surface area contributed by atoms with Gasteiger partial charge in [-0.15, -0.1) is 0 Å². The Labute approximate surface area is 216 Å². The number of nitrogens with zero attached hydrogens (tertiary/aromatic N) is 4. The molecule has 0 radical (unpaired) electrons. The summed E-state index contributed by atoms with van der Waals surface area (Å²) in [5.74, 6) is -0.845. The van der Waals surface area contributed by atoms with Crippen LogP contribution in [0.4, 0.5) is 18.4 Å². The smallest absolute Gasteiger partial charge is 0.328 e. The summed E-state index contributed by atoms with van der Waals surface area (Å²) in [4.78, 5) is 31.3. The maximum Gasteiger partial charge on any atom is 0.328 e. The van der Waals surface area contributed by atoms with Crippen molar-refractivity contribution in [2.24, 2.45) is 0 Å². The predicted molar refractivity (Wildman–Crippen MR) is 135 cm³/mol. The molecule has 4 aliphatic rings. The quantitative estimate of drug-likeness (QED) is 0.654. The van der Waals surface area contributed by atoms with Gasteiger partial charge in [-0.1, -0.05) is 36.4 Å². The summed E-state index contributed by atoms with van der Waals surface area (Å²) >= 11 is 0. The van der Waals surface area contributed by atoms with E-state index in [9.17, 15) is 23.6 Å². The Hall–Kier alpha value is -3.25. The van der Waals surface area contributed by atoms with Gasteiger partial charge in [0.1, 0.15) is 5.83 Å². The Morgan fingerprint density at radius 3 is 2.41 bits per heavy atom. The van der Waals surface area contributed by atoms with E-state index in [1.807, 2.05) is 30.3 Å². The molecule has 4 amide bonds. The average Bonchev–Trinajstić information content (AvgIpc) is 3.31. The van der Waals surface area contributed by atoms with Crippen molar-refractivity contribution in [3.8, 4) is 6.07 Å². The van der Waals surface area contributed by atoms with Gasteiger partial charge in [0.15, 0.2) is 5.67 Å². The van der Waals surface area contributed by atoms with Crippen LogP contribution in [0.1, 0.15) is 44.6 Å². The van der Waals surface area contributed by atoms with Gasteiger partial charge in [0.25, 0.3) is 0 Å². The largest absolute Gasteiger partial charge is 0.335 e. The van der Waals surface area contributed by atoms with Crippen LogP contribution in [-0.2, 0) is 5.41 Å². The lowest BCUT2D eigenvalue weighted by molar-refractivity contribution is 0.0795. The Kier molecular flexibility index (Phi) is 6.80. The van der Waals surface area contributed by atoms with Crippen LogP contribution in [0.15, 0.2) is 53.9 Å². The number of rotatable bonds is 3. The first-order valence-corrected chi connectivity index (χ1v) is 13.1. The number of piperidine rings is 2. The van der Waals surface area contributed by atoms with Crippen molar-refractivity contribution in [3.63, 3.8) is 0 Å². The number of hydrogen-bond donors (Lipinski definition) is 1. The molecule has 3 aliphatic heterocycles. The molecule has 5 rings (SSSR count). The second-order valence-corrected chi connectivity index (χ2v) is 10.8. The second kappa shape index (κ2) is 9.90. The van der Waals surface area contributed by atoms with Crippen LogP contribution >= 0.6 is 0 Å². The van der Waals surface area contributed by atoms with Gasteiger partial charge >= 0.3 is 12.1 Å². The third-order valence-corrected chi connectivity index (χ3v) is 8.53. The lowest BCUT2D eigenvalue weighted by Crippen LogP contribution is -2.55. The molecule has 37 heavy (non-hydrogen) atoms. The number of nitriles is 1. The molecule has 3 fully saturated rings. The maximum atomic E-state index is 14.6. The highest BCUT2D eigenvalue weighted by atomic mass is 19.2. The first-order valence-electron chi connectivity index (χ1n) is 13.1. The van der Waals surface area contributed by atoms with Crippen LogP contribution in [0, 0.1) is 11.3 Å². The maximum absolute atomic E-state index is 14.6. The number of carbonyl (C=O) groups excluding carboxylic acids is 2. The van der Waals surface area contributed by atoms with Crippen LogP contribution < -0.4 is 5.32 Å². The minimum absolute atomic E-state index is 0.189. The number of nitrogens with one attached hydrogen (secondary N) is 1. The number of likely N-dealkylation sites (tertiary alicyclic amines) is 2. The molecule has 1 aliphatic carbocycles. The summed E-state index contributed by atoms with van der Waals surface area (Å²) in [5, 5.41) is 12.7. The molecular formula is C28H33F2N5O2. The molecule has 1 N–H and O–H groups in total. The van der Waals surface area contributed by atoms with Crippen molar-refractivity contribution < 1.29 is 18.4 Å². The molecule has 3 saturated heterocycles. The highest BCUT2D eigenvalue weighted by Crippen LogP contribution is 2.38. The summed E-state index contributed by atoms with van der Waals surface area (Å²) in [7, 11) is 0. The minimum atomic E-state index is -2.14. The highest BCUT2D eigenvalue weighted by molar-refractivity contribution is 5.96. The summed E-state index contributed by atoms with van der Waals surface area (Å²) < 4.78 is 28.4. The number of halogens is 2. The van der Waals surface area contributed by atoms with Crippen LogP contribution in [-0.4, -0.2) is 77.2 Å². The van der Waals surface area contributed by atoms with Gasteiger partial charge in [-0.2, -0.15) is 5.26 Å². The van der Waals surface area contributed by atoms with Crippen molar-refractivity contribution in [1.82, 2.24) is 20.0 Å². The van der Waals surface area contributed by atoms with E-state index in [0.29, 0.717) is 24.7 Å². The lowest BCUT2D eigenvalue weighted by Gasteiger charge is -2.44. The number of imide groups is 1. The zero-order valence-electron chi connectivity index (χ0n) is 21.1. The van der Waals surface area contributed by atoms with E-state index in [1.165, 1.54) is 17.9 Å². The van der Waals surface area contributed by atoms with E-state index >= 15 is 0 Å². The van der Waals surface area contributed by atoms with Crippen LogP contribution in [0.5, 0.6) is 0 Å². The molecule has 0 saturated carbocycles. The number of carbonyl (C=O) groups is 2. The molecular weight excluding hydrogens is 476 g/mol. The molecule has 3 heterocycles. The molecule has 1 aromatic carbocycles. The number of alkyl halides is 1. The molecule has 1 aromatic rings. The third kappa shape index (κ3) is 4.75. The van der Waals surface area contributed by atoms with E-state index in [2.05, 4.69) is 16.3 Å². The van der Waals surface area contributed by atoms with E-state index in [0.717, 1.165) is 50.4 Å². The monoisotopic (exact) mass is 509 g/mol. The summed E-state index contributed by atoms with van der Waals surface area (Å²) in [5.41, 5.74) is -0.981. The zero-order chi connectivity index (χ0) is 26.2. The molecule has 0 aromatic heterocycles. The Morgan fingerprint density at radius 1 is 1.11 bits per heavy atom. The number of amides is 4. The molecule has 9 heteroatoms. The van der Waals surface area contributed by atoms with Gasteiger partial charge < -0.3 is 15.1 Å². The van der Waals surface area contributed by atoms with Gasteiger partial charge in [0.05, 0.1) is 17.5 Å². The standard InChI is InChI=1S/C28H33F2N5O2/c1-27(30)17-20(7-8-24(27)29)23-18-32-25(36)35(23)26(37)34-13-9-22(10-14-34)33-15-11-28(19-31,12-16-33)21-5-3-2-4-6-21/h2-8,22-23H,9-18H2,1H3,(H,32,36). The van der Waals surface area contributed by atoms with Gasteiger partial charge in [-0.25, -0.2) is 23.3 Å². The average molecular weight is 510 g/mol. The third-order valence-electron chi connectivity index (χ3n) is 8.53. The van der Waals surface area contributed by atoms with Crippen LogP contribution in [0.3, 0.4) is 0 Å². The number of urea groups is 2. The SMILES string of the molecule is CC1(F)CC(C2CNC(=O)N2C(=O)N2CCC(N3CCC(C#N)(c4ccccc4)CC3)CC2)=CC=C1F. The molecule has 2 atom stereocenters. The van der Waals surface area contributed by atoms with Crippen LogP contribution in [0.2, 0.25) is 0 Å². The predicted octanol–water partition coefficient (Wildman–Crippen LogP) is 4.43. The first kappa shape index (κ1) is 25.4.